The molecule has 2 aromatic rings. The molecule has 2 aliphatic heterocycles. The third-order valence-corrected chi connectivity index (χ3v) is 6.94. The highest BCUT2D eigenvalue weighted by atomic mass is 32.1. The number of thiophene rings is 1. The third-order valence-electron chi connectivity index (χ3n) is 5.92. The van der Waals surface area contributed by atoms with Gasteiger partial charge in [0.25, 0.3) is 0 Å². The average molecular weight is 414 g/mol. The lowest BCUT2D eigenvalue weighted by Gasteiger charge is -2.41. The smallest absolute Gasteiger partial charge is 0.337 e. The van der Waals surface area contributed by atoms with Crippen molar-refractivity contribution in [3.05, 3.63) is 51.7 Å². The lowest BCUT2D eigenvalue weighted by molar-refractivity contribution is -0.134. The van der Waals surface area contributed by atoms with Gasteiger partial charge in [0.15, 0.2) is 0 Å². The Bertz CT molecular complexity index is 880. The van der Waals surface area contributed by atoms with E-state index < -0.39 is 0 Å². The molecule has 0 radical (unpaired) electrons. The topological polar surface area (TPSA) is 53.1 Å². The van der Waals surface area contributed by atoms with Crippen molar-refractivity contribution in [2.75, 3.05) is 44.7 Å². The summed E-state index contributed by atoms with van der Waals surface area (Å²) < 4.78 is 4.76. The predicted octanol–water partition coefficient (Wildman–Crippen LogP) is 2.63. The molecule has 0 N–H and O–H groups in total. The van der Waals surface area contributed by atoms with Crippen LogP contribution >= 0.6 is 11.3 Å². The Morgan fingerprint density at radius 2 is 1.93 bits per heavy atom. The van der Waals surface area contributed by atoms with Crippen molar-refractivity contribution in [2.45, 2.75) is 25.9 Å². The van der Waals surface area contributed by atoms with E-state index in [-0.39, 0.29) is 17.9 Å². The zero-order chi connectivity index (χ0) is 20.4. The molecule has 2 aliphatic rings. The number of methoxy groups -OCH3 is 1. The number of benzene rings is 1. The maximum absolute atomic E-state index is 12.9. The van der Waals surface area contributed by atoms with Crippen molar-refractivity contribution in [2.24, 2.45) is 0 Å². The summed E-state index contributed by atoms with van der Waals surface area (Å²) in [4.78, 5) is 32.5. The Labute approximate surface area is 175 Å². The highest BCUT2D eigenvalue weighted by Gasteiger charge is 2.28. The Morgan fingerprint density at radius 3 is 2.66 bits per heavy atom. The minimum absolute atomic E-state index is 0.226. The number of amides is 1. The summed E-state index contributed by atoms with van der Waals surface area (Å²) in [6.07, 6.45) is 0.976. The van der Waals surface area contributed by atoms with Crippen LogP contribution in [0, 0.1) is 0 Å². The number of fused-ring (bicyclic) bond motifs is 1. The summed E-state index contributed by atoms with van der Waals surface area (Å²) in [5, 5.41) is 2.12. The molecule has 0 saturated carbocycles. The molecular weight excluding hydrogens is 386 g/mol. The van der Waals surface area contributed by atoms with Crippen molar-refractivity contribution in [1.29, 1.82) is 0 Å². The molecule has 154 valence electrons. The summed E-state index contributed by atoms with van der Waals surface area (Å²) in [5.41, 5.74) is 2.96. The van der Waals surface area contributed by atoms with E-state index in [1.54, 1.807) is 23.5 Å². The van der Waals surface area contributed by atoms with Crippen molar-refractivity contribution in [1.82, 2.24) is 9.80 Å². The van der Waals surface area contributed by atoms with Gasteiger partial charge in [0.2, 0.25) is 5.91 Å². The standard InChI is InChI=1S/C22H27N3O3S/c1-16-13-24(19-5-3-17(4-6-19)22(27)28-2)11-10-23(16)15-21(26)25-9-7-20-18(14-25)8-12-29-20/h3-6,8,12,16H,7,9-11,13-15H2,1-2H3. The van der Waals surface area contributed by atoms with Gasteiger partial charge in [-0.1, -0.05) is 0 Å². The second-order valence-electron chi connectivity index (χ2n) is 7.74. The first-order chi connectivity index (χ1) is 14.0. The molecular formula is C22H27N3O3S. The lowest BCUT2D eigenvalue weighted by atomic mass is 10.1. The van der Waals surface area contributed by atoms with E-state index in [4.69, 9.17) is 4.74 Å². The quantitative estimate of drug-likeness (QED) is 0.722. The van der Waals surface area contributed by atoms with Gasteiger partial charge in [-0.05, 0) is 54.6 Å². The maximum Gasteiger partial charge on any atom is 0.337 e. The first-order valence-corrected chi connectivity index (χ1v) is 10.9. The molecule has 1 atom stereocenters. The fourth-order valence-electron chi connectivity index (χ4n) is 4.13. The van der Waals surface area contributed by atoms with Gasteiger partial charge in [-0.25, -0.2) is 4.79 Å². The Hall–Kier alpha value is -2.38. The van der Waals surface area contributed by atoms with E-state index in [2.05, 4.69) is 28.2 Å². The molecule has 3 heterocycles. The number of piperazine rings is 1. The Balaban J connectivity index is 1.32. The van der Waals surface area contributed by atoms with E-state index in [9.17, 15) is 9.59 Å². The molecule has 0 bridgehead atoms. The molecule has 1 saturated heterocycles. The summed E-state index contributed by atoms with van der Waals surface area (Å²) in [6.45, 7) is 6.81. The number of ether oxygens (including phenoxy) is 1. The van der Waals surface area contributed by atoms with Gasteiger partial charge in [0.05, 0.1) is 19.2 Å². The normalized spacial score (nSPS) is 19.7. The number of hydrogen-bond donors (Lipinski definition) is 0. The second-order valence-corrected chi connectivity index (χ2v) is 8.74. The monoisotopic (exact) mass is 413 g/mol. The summed E-state index contributed by atoms with van der Waals surface area (Å²) >= 11 is 1.80. The molecule has 6 nitrogen and oxygen atoms in total. The van der Waals surface area contributed by atoms with E-state index in [1.807, 2.05) is 17.0 Å². The number of rotatable bonds is 4. The van der Waals surface area contributed by atoms with Crippen LogP contribution in [0.3, 0.4) is 0 Å². The molecule has 0 spiro atoms. The van der Waals surface area contributed by atoms with Gasteiger partial charge < -0.3 is 14.5 Å². The highest BCUT2D eigenvalue weighted by Crippen LogP contribution is 2.25. The Kier molecular flexibility index (Phi) is 5.87. The van der Waals surface area contributed by atoms with E-state index in [0.717, 1.165) is 44.8 Å². The largest absolute Gasteiger partial charge is 0.465 e. The maximum atomic E-state index is 12.9. The highest BCUT2D eigenvalue weighted by molar-refractivity contribution is 7.10. The molecule has 1 fully saturated rings. The van der Waals surface area contributed by atoms with Crippen molar-refractivity contribution < 1.29 is 14.3 Å². The number of carbonyl (C=O) groups is 2. The third kappa shape index (κ3) is 4.31. The number of nitrogens with zero attached hydrogens (tertiary/aromatic N) is 3. The van der Waals surface area contributed by atoms with Crippen molar-refractivity contribution >= 4 is 28.9 Å². The van der Waals surface area contributed by atoms with Crippen LogP contribution in [-0.4, -0.2) is 67.6 Å². The second kappa shape index (κ2) is 8.55. The fraction of sp³-hybridized carbons (Fsp3) is 0.455. The van der Waals surface area contributed by atoms with Crippen LogP contribution in [0.4, 0.5) is 5.69 Å². The average Bonchev–Trinajstić information content (AvgIpc) is 3.22. The summed E-state index contributed by atoms with van der Waals surface area (Å²) in [7, 11) is 1.39. The molecule has 4 rings (SSSR count). The zero-order valence-electron chi connectivity index (χ0n) is 17.0. The van der Waals surface area contributed by atoms with Gasteiger partial charge in [0.1, 0.15) is 0 Å². The summed E-state index contributed by atoms with van der Waals surface area (Å²) in [5.74, 6) is -0.0925. The molecule has 1 aromatic heterocycles. The van der Waals surface area contributed by atoms with Crippen LogP contribution in [0.1, 0.15) is 27.7 Å². The number of esters is 1. The molecule has 0 aliphatic carbocycles. The SMILES string of the molecule is COC(=O)c1ccc(N2CCN(CC(=O)N3CCc4sccc4C3)C(C)C2)cc1. The van der Waals surface area contributed by atoms with Crippen LogP contribution in [0.15, 0.2) is 35.7 Å². The molecule has 1 unspecified atom stereocenters. The predicted molar refractivity (Wildman–Crippen MR) is 114 cm³/mol. The lowest BCUT2D eigenvalue weighted by Crippen LogP contribution is -2.55. The molecule has 1 amide bonds. The number of carbonyl (C=O) groups excluding carboxylic acids is 2. The fourth-order valence-corrected chi connectivity index (χ4v) is 5.02. The van der Waals surface area contributed by atoms with Crippen LogP contribution in [0.2, 0.25) is 0 Å². The van der Waals surface area contributed by atoms with Crippen LogP contribution in [0.25, 0.3) is 0 Å². The van der Waals surface area contributed by atoms with Crippen molar-refractivity contribution in [3.63, 3.8) is 0 Å². The first kappa shape index (κ1) is 19.9. The Morgan fingerprint density at radius 1 is 1.14 bits per heavy atom. The zero-order valence-corrected chi connectivity index (χ0v) is 17.8. The van der Waals surface area contributed by atoms with Gasteiger partial charge in [-0.15, -0.1) is 11.3 Å². The van der Waals surface area contributed by atoms with E-state index in [1.165, 1.54) is 17.6 Å². The van der Waals surface area contributed by atoms with Crippen LogP contribution < -0.4 is 4.90 Å². The minimum atomic E-state index is -0.319. The van der Waals surface area contributed by atoms with Crippen LogP contribution in [0.5, 0.6) is 0 Å². The minimum Gasteiger partial charge on any atom is -0.465 e. The summed E-state index contributed by atoms with van der Waals surface area (Å²) in [6, 6.07) is 9.96. The van der Waals surface area contributed by atoms with Gasteiger partial charge in [-0.3, -0.25) is 9.69 Å². The van der Waals surface area contributed by atoms with E-state index in [0.29, 0.717) is 12.1 Å². The first-order valence-electron chi connectivity index (χ1n) is 10.1. The van der Waals surface area contributed by atoms with Gasteiger partial charge in [0, 0.05) is 49.3 Å². The number of anilines is 1. The molecule has 1 aromatic carbocycles. The van der Waals surface area contributed by atoms with Gasteiger partial charge >= 0.3 is 5.97 Å². The van der Waals surface area contributed by atoms with Crippen LogP contribution in [-0.2, 0) is 22.5 Å². The van der Waals surface area contributed by atoms with Gasteiger partial charge in [-0.2, -0.15) is 0 Å². The molecule has 7 heteroatoms. The van der Waals surface area contributed by atoms with Crippen molar-refractivity contribution in [3.8, 4) is 0 Å². The van der Waals surface area contributed by atoms with E-state index >= 15 is 0 Å². The molecule has 29 heavy (non-hydrogen) atoms. The number of hydrogen-bond acceptors (Lipinski definition) is 6.